The van der Waals surface area contributed by atoms with Crippen LogP contribution in [-0.4, -0.2) is 44.6 Å². The molecule has 0 bridgehead atoms. The fraction of sp³-hybridized carbons (Fsp3) is 0.636. The molecule has 1 aromatic rings. The van der Waals surface area contributed by atoms with Gasteiger partial charge in [-0.2, -0.15) is 0 Å². The van der Waals surface area contributed by atoms with Gasteiger partial charge in [0.1, 0.15) is 0 Å². The fourth-order valence-corrected chi connectivity index (χ4v) is 1.30. The third-order valence-corrected chi connectivity index (χ3v) is 2.61. The first kappa shape index (κ1) is 15.1. The van der Waals surface area contributed by atoms with E-state index < -0.39 is 12.0 Å². The number of nitrogens with zero attached hydrogens (tertiary/aromatic N) is 3. The van der Waals surface area contributed by atoms with Crippen molar-refractivity contribution in [2.24, 2.45) is 11.1 Å². The maximum absolute atomic E-state index is 11.7. The highest BCUT2D eigenvalue weighted by atomic mass is 16.4. The molecule has 19 heavy (non-hydrogen) atoms. The normalized spacial score (nSPS) is 13.1. The summed E-state index contributed by atoms with van der Waals surface area (Å²) in [7, 11) is 0. The van der Waals surface area contributed by atoms with Crippen LogP contribution in [0.2, 0.25) is 0 Å². The predicted molar refractivity (Wildman–Crippen MR) is 67.4 cm³/mol. The van der Waals surface area contributed by atoms with Gasteiger partial charge in [0.2, 0.25) is 5.91 Å². The number of hydrogen-bond donors (Lipinski definition) is 3. The lowest BCUT2D eigenvalue weighted by Gasteiger charge is -2.25. The Morgan fingerprint density at radius 3 is 2.63 bits per heavy atom. The summed E-state index contributed by atoms with van der Waals surface area (Å²) in [5, 5.41) is 18.4. The zero-order valence-corrected chi connectivity index (χ0v) is 11.3. The Kier molecular flexibility index (Phi) is 4.60. The third-order valence-electron chi connectivity index (χ3n) is 2.61. The summed E-state index contributed by atoms with van der Waals surface area (Å²) in [6, 6.07) is -0.599. The average molecular weight is 269 g/mol. The molecule has 8 heteroatoms. The monoisotopic (exact) mass is 269 g/mol. The van der Waals surface area contributed by atoms with Crippen molar-refractivity contribution in [2.45, 2.75) is 33.4 Å². The SMILES string of the molecule is CC(C)(C)C(N)C(=O)NCCn1cc(C(=O)O)nn1. The van der Waals surface area contributed by atoms with Gasteiger partial charge in [-0.05, 0) is 5.41 Å². The lowest BCUT2D eigenvalue weighted by Crippen LogP contribution is -2.49. The van der Waals surface area contributed by atoms with Gasteiger partial charge in [0, 0.05) is 6.54 Å². The van der Waals surface area contributed by atoms with E-state index in [1.54, 1.807) is 0 Å². The van der Waals surface area contributed by atoms with Crippen LogP contribution >= 0.6 is 0 Å². The molecule has 1 atom stereocenters. The van der Waals surface area contributed by atoms with E-state index >= 15 is 0 Å². The quantitative estimate of drug-likeness (QED) is 0.660. The molecule has 1 amide bonds. The van der Waals surface area contributed by atoms with E-state index in [1.165, 1.54) is 10.9 Å². The fourth-order valence-electron chi connectivity index (χ4n) is 1.30. The molecule has 0 aliphatic heterocycles. The summed E-state index contributed by atoms with van der Waals surface area (Å²) in [5.74, 6) is -1.38. The summed E-state index contributed by atoms with van der Waals surface area (Å²) < 4.78 is 1.35. The van der Waals surface area contributed by atoms with E-state index in [2.05, 4.69) is 15.6 Å². The number of carbonyl (C=O) groups is 2. The molecule has 1 heterocycles. The van der Waals surface area contributed by atoms with Crippen molar-refractivity contribution in [1.82, 2.24) is 20.3 Å². The van der Waals surface area contributed by atoms with Crippen molar-refractivity contribution in [2.75, 3.05) is 6.54 Å². The molecule has 1 rings (SSSR count). The molecule has 0 aliphatic rings. The molecular weight excluding hydrogens is 250 g/mol. The minimum absolute atomic E-state index is 0.127. The van der Waals surface area contributed by atoms with E-state index in [1.807, 2.05) is 20.8 Å². The van der Waals surface area contributed by atoms with Gasteiger partial charge in [-0.1, -0.05) is 26.0 Å². The summed E-state index contributed by atoms with van der Waals surface area (Å²) in [5.41, 5.74) is 5.35. The van der Waals surface area contributed by atoms with Crippen LogP contribution in [0.1, 0.15) is 31.3 Å². The zero-order chi connectivity index (χ0) is 14.6. The molecule has 0 spiro atoms. The number of hydrogen-bond acceptors (Lipinski definition) is 5. The van der Waals surface area contributed by atoms with Crippen molar-refractivity contribution in [3.05, 3.63) is 11.9 Å². The van der Waals surface area contributed by atoms with Crippen LogP contribution in [0, 0.1) is 5.41 Å². The van der Waals surface area contributed by atoms with Gasteiger partial charge in [-0.25, -0.2) is 9.48 Å². The molecule has 0 fully saturated rings. The molecule has 0 radical (unpaired) electrons. The Hall–Kier alpha value is -1.96. The lowest BCUT2D eigenvalue weighted by atomic mass is 9.87. The van der Waals surface area contributed by atoms with Crippen LogP contribution in [0.4, 0.5) is 0 Å². The number of nitrogens with one attached hydrogen (secondary N) is 1. The van der Waals surface area contributed by atoms with E-state index in [9.17, 15) is 9.59 Å². The molecule has 0 aromatic carbocycles. The number of rotatable bonds is 5. The van der Waals surface area contributed by atoms with Crippen molar-refractivity contribution in [3.63, 3.8) is 0 Å². The number of aromatic carboxylic acids is 1. The molecule has 1 aromatic heterocycles. The largest absolute Gasteiger partial charge is 0.476 e. The second kappa shape index (κ2) is 5.79. The smallest absolute Gasteiger partial charge is 0.358 e. The summed E-state index contributed by atoms with van der Waals surface area (Å²) in [4.78, 5) is 22.3. The van der Waals surface area contributed by atoms with Crippen LogP contribution in [0.15, 0.2) is 6.20 Å². The second-order valence-corrected chi connectivity index (χ2v) is 5.31. The van der Waals surface area contributed by atoms with E-state index in [4.69, 9.17) is 10.8 Å². The van der Waals surface area contributed by atoms with Crippen molar-refractivity contribution < 1.29 is 14.7 Å². The maximum Gasteiger partial charge on any atom is 0.358 e. The highest BCUT2D eigenvalue weighted by Crippen LogP contribution is 2.16. The maximum atomic E-state index is 11.7. The van der Waals surface area contributed by atoms with Gasteiger partial charge in [0.25, 0.3) is 0 Å². The van der Waals surface area contributed by atoms with E-state index in [0.29, 0.717) is 13.1 Å². The summed E-state index contributed by atoms with van der Waals surface area (Å²) in [6.45, 7) is 6.29. The predicted octanol–water partition coefficient (Wildman–Crippen LogP) is -0.534. The van der Waals surface area contributed by atoms with Crippen LogP contribution in [-0.2, 0) is 11.3 Å². The number of carbonyl (C=O) groups excluding carboxylic acids is 1. The molecule has 0 aliphatic carbocycles. The second-order valence-electron chi connectivity index (χ2n) is 5.31. The minimum Gasteiger partial charge on any atom is -0.476 e. The minimum atomic E-state index is -1.13. The number of nitrogens with two attached hydrogens (primary N) is 1. The Morgan fingerprint density at radius 1 is 1.53 bits per heavy atom. The van der Waals surface area contributed by atoms with Gasteiger partial charge in [0.05, 0.1) is 18.8 Å². The Labute approximate surface area is 111 Å². The first-order valence-corrected chi connectivity index (χ1v) is 5.88. The van der Waals surface area contributed by atoms with Gasteiger partial charge in [-0.15, -0.1) is 5.10 Å². The lowest BCUT2D eigenvalue weighted by molar-refractivity contribution is -0.124. The molecule has 106 valence electrons. The van der Waals surface area contributed by atoms with Crippen molar-refractivity contribution >= 4 is 11.9 Å². The Morgan fingerprint density at radius 2 is 2.16 bits per heavy atom. The Bertz CT molecular complexity index is 463. The van der Waals surface area contributed by atoms with Gasteiger partial charge >= 0.3 is 5.97 Å². The van der Waals surface area contributed by atoms with Crippen molar-refractivity contribution in [1.29, 1.82) is 0 Å². The molecule has 0 saturated carbocycles. The Balaban J connectivity index is 2.42. The van der Waals surface area contributed by atoms with Crippen LogP contribution in [0.3, 0.4) is 0 Å². The first-order chi connectivity index (χ1) is 8.71. The average Bonchev–Trinajstić information content (AvgIpc) is 2.75. The number of carboxylic acid groups (broad SMARTS) is 1. The highest BCUT2D eigenvalue weighted by molar-refractivity contribution is 5.84. The molecular formula is C11H19N5O3. The first-order valence-electron chi connectivity index (χ1n) is 5.88. The van der Waals surface area contributed by atoms with Crippen LogP contribution in [0.25, 0.3) is 0 Å². The van der Waals surface area contributed by atoms with Crippen molar-refractivity contribution in [3.8, 4) is 0 Å². The highest BCUT2D eigenvalue weighted by Gasteiger charge is 2.26. The van der Waals surface area contributed by atoms with Gasteiger partial charge < -0.3 is 16.2 Å². The van der Waals surface area contributed by atoms with E-state index in [0.717, 1.165) is 0 Å². The molecule has 1 unspecified atom stereocenters. The van der Waals surface area contributed by atoms with Crippen LogP contribution in [0.5, 0.6) is 0 Å². The third kappa shape index (κ3) is 4.32. The molecule has 0 saturated heterocycles. The molecule has 8 nitrogen and oxygen atoms in total. The molecule has 4 N–H and O–H groups in total. The number of amides is 1. The zero-order valence-electron chi connectivity index (χ0n) is 11.3. The summed E-state index contributed by atoms with van der Waals surface area (Å²) >= 11 is 0. The van der Waals surface area contributed by atoms with Gasteiger partial charge in [0.15, 0.2) is 5.69 Å². The topological polar surface area (TPSA) is 123 Å². The van der Waals surface area contributed by atoms with Crippen LogP contribution < -0.4 is 11.1 Å². The number of aromatic nitrogens is 3. The number of carboxylic acids is 1. The standard InChI is InChI=1S/C11H19N5O3/c1-11(2,3)8(12)9(17)13-4-5-16-6-7(10(18)19)14-15-16/h6,8H,4-5,12H2,1-3H3,(H,13,17)(H,18,19). The van der Waals surface area contributed by atoms with E-state index in [-0.39, 0.29) is 17.0 Å². The van der Waals surface area contributed by atoms with Gasteiger partial charge in [-0.3, -0.25) is 4.79 Å². The summed E-state index contributed by atoms with van der Waals surface area (Å²) in [6.07, 6.45) is 1.30.